The molecule has 112 valence electrons. The van der Waals surface area contributed by atoms with E-state index in [4.69, 9.17) is 0 Å². The molecule has 22 heavy (non-hydrogen) atoms. The third kappa shape index (κ3) is 2.42. The number of hydrogen-bond acceptors (Lipinski definition) is 3. The molecule has 1 aliphatic rings. The van der Waals surface area contributed by atoms with Crippen LogP contribution in [0.1, 0.15) is 34.8 Å². The molecule has 0 radical (unpaired) electrons. The normalized spacial score (nSPS) is 20.9. The van der Waals surface area contributed by atoms with Crippen LogP contribution in [-0.2, 0) is 5.72 Å². The Morgan fingerprint density at radius 1 is 1.09 bits per heavy atom. The Morgan fingerprint density at radius 2 is 1.73 bits per heavy atom. The van der Waals surface area contributed by atoms with Crippen molar-refractivity contribution in [3.05, 3.63) is 71.3 Å². The van der Waals surface area contributed by atoms with Crippen molar-refractivity contribution in [2.45, 2.75) is 26.0 Å². The molecule has 0 aromatic heterocycles. The summed E-state index contributed by atoms with van der Waals surface area (Å²) < 4.78 is 0. The summed E-state index contributed by atoms with van der Waals surface area (Å²) in [7, 11) is 0. The maximum Gasteiger partial charge on any atom is 0.276 e. The van der Waals surface area contributed by atoms with Crippen molar-refractivity contribution in [1.82, 2.24) is 5.01 Å². The minimum atomic E-state index is -1.43. The smallest absolute Gasteiger partial charge is 0.276 e. The monoisotopic (exact) mass is 294 g/mol. The standard InChI is InChI=1S/C18H18N2O2/c1-13-8-10-16(11-9-13)18(22)12-14(2)19-20(18)17(21)15-6-4-3-5-7-15/h3-11,22H,12H2,1-2H3. The fraction of sp³-hybridized carbons (Fsp3) is 0.222. The van der Waals surface area contributed by atoms with Crippen LogP contribution in [0, 0.1) is 6.92 Å². The van der Waals surface area contributed by atoms with E-state index < -0.39 is 5.72 Å². The highest BCUT2D eigenvalue weighted by molar-refractivity contribution is 5.97. The fourth-order valence-corrected chi connectivity index (χ4v) is 2.68. The SMILES string of the molecule is CC1=NN(C(=O)c2ccccc2)C(O)(c2ccc(C)cc2)C1. The van der Waals surface area contributed by atoms with Gasteiger partial charge in [0, 0.05) is 23.3 Å². The van der Waals surface area contributed by atoms with Crippen molar-refractivity contribution in [2.75, 3.05) is 0 Å². The summed E-state index contributed by atoms with van der Waals surface area (Å²) in [4.78, 5) is 12.7. The van der Waals surface area contributed by atoms with Crippen LogP contribution in [0.25, 0.3) is 0 Å². The van der Waals surface area contributed by atoms with Gasteiger partial charge >= 0.3 is 0 Å². The van der Waals surface area contributed by atoms with Gasteiger partial charge in [-0.05, 0) is 26.0 Å². The Labute approximate surface area is 129 Å². The topological polar surface area (TPSA) is 52.9 Å². The molecule has 2 aromatic carbocycles. The molecular formula is C18H18N2O2. The van der Waals surface area contributed by atoms with E-state index in [1.54, 1.807) is 24.3 Å². The van der Waals surface area contributed by atoms with E-state index >= 15 is 0 Å². The number of nitrogens with zero attached hydrogens (tertiary/aromatic N) is 2. The third-order valence-electron chi connectivity index (χ3n) is 3.85. The first-order valence-electron chi connectivity index (χ1n) is 7.24. The number of hydrogen-bond donors (Lipinski definition) is 1. The van der Waals surface area contributed by atoms with Gasteiger partial charge in [0.2, 0.25) is 0 Å². The van der Waals surface area contributed by atoms with Crippen LogP contribution < -0.4 is 0 Å². The Hall–Kier alpha value is -2.46. The zero-order chi connectivity index (χ0) is 15.7. The van der Waals surface area contributed by atoms with Crippen LogP contribution in [-0.4, -0.2) is 21.7 Å². The second kappa shape index (κ2) is 5.39. The lowest BCUT2D eigenvalue weighted by atomic mass is 9.96. The van der Waals surface area contributed by atoms with Crippen molar-refractivity contribution >= 4 is 11.6 Å². The molecule has 4 nitrogen and oxygen atoms in total. The zero-order valence-electron chi connectivity index (χ0n) is 12.7. The minimum Gasteiger partial charge on any atom is -0.365 e. The van der Waals surface area contributed by atoms with Crippen LogP contribution >= 0.6 is 0 Å². The van der Waals surface area contributed by atoms with E-state index in [1.165, 1.54) is 5.01 Å². The number of aliphatic hydroxyl groups is 1. The first-order chi connectivity index (χ1) is 10.5. The first kappa shape index (κ1) is 14.5. The second-order valence-corrected chi connectivity index (χ2v) is 5.68. The summed E-state index contributed by atoms with van der Waals surface area (Å²) in [5, 5.41) is 16.6. The van der Waals surface area contributed by atoms with Gasteiger partial charge in [0.05, 0.1) is 0 Å². The molecule has 0 spiro atoms. The maximum absolute atomic E-state index is 12.7. The summed E-state index contributed by atoms with van der Waals surface area (Å²) in [6.45, 7) is 3.80. The maximum atomic E-state index is 12.7. The van der Waals surface area contributed by atoms with E-state index in [0.29, 0.717) is 17.5 Å². The van der Waals surface area contributed by atoms with Crippen LogP contribution in [0.15, 0.2) is 59.7 Å². The van der Waals surface area contributed by atoms with Crippen LogP contribution in [0.5, 0.6) is 0 Å². The summed E-state index contributed by atoms with van der Waals surface area (Å²) in [5.74, 6) is -0.305. The molecule has 0 aliphatic carbocycles. The van der Waals surface area contributed by atoms with Gasteiger partial charge in [0.25, 0.3) is 5.91 Å². The quantitative estimate of drug-likeness (QED) is 0.925. The number of amides is 1. The fourth-order valence-electron chi connectivity index (χ4n) is 2.68. The lowest BCUT2D eigenvalue weighted by molar-refractivity contribution is -0.0765. The molecule has 1 heterocycles. The minimum absolute atomic E-state index is 0.305. The first-order valence-corrected chi connectivity index (χ1v) is 7.24. The predicted molar refractivity (Wildman–Crippen MR) is 85.4 cm³/mol. The average molecular weight is 294 g/mol. The van der Waals surface area contributed by atoms with Crippen molar-refractivity contribution in [3.8, 4) is 0 Å². The van der Waals surface area contributed by atoms with Gasteiger partial charge in [0.1, 0.15) is 0 Å². The van der Waals surface area contributed by atoms with Gasteiger partial charge in [-0.15, -0.1) is 0 Å². The molecule has 0 saturated heterocycles. The summed E-state index contributed by atoms with van der Waals surface area (Å²) in [6.07, 6.45) is 0.314. The highest BCUT2D eigenvalue weighted by atomic mass is 16.3. The van der Waals surface area contributed by atoms with Crippen molar-refractivity contribution < 1.29 is 9.90 Å². The van der Waals surface area contributed by atoms with E-state index in [2.05, 4.69) is 5.10 Å². The second-order valence-electron chi connectivity index (χ2n) is 5.68. The Balaban J connectivity index is 2.01. The molecule has 1 atom stereocenters. The van der Waals surface area contributed by atoms with Gasteiger partial charge in [-0.25, -0.2) is 0 Å². The Morgan fingerprint density at radius 3 is 2.36 bits per heavy atom. The lowest BCUT2D eigenvalue weighted by Crippen LogP contribution is -2.43. The van der Waals surface area contributed by atoms with Crippen LogP contribution in [0.4, 0.5) is 0 Å². The lowest BCUT2D eigenvalue weighted by Gasteiger charge is -2.31. The average Bonchev–Trinajstić information content (AvgIpc) is 2.84. The molecule has 2 aromatic rings. The largest absolute Gasteiger partial charge is 0.365 e. The molecule has 1 N–H and O–H groups in total. The van der Waals surface area contributed by atoms with Gasteiger partial charge in [-0.3, -0.25) is 4.79 Å². The van der Waals surface area contributed by atoms with Crippen LogP contribution in [0.3, 0.4) is 0 Å². The molecule has 1 amide bonds. The third-order valence-corrected chi connectivity index (χ3v) is 3.85. The van der Waals surface area contributed by atoms with Crippen molar-refractivity contribution in [3.63, 3.8) is 0 Å². The van der Waals surface area contributed by atoms with E-state index in [1.807, 2.05) is 44.2 Å². The zero-order valence-corrected chi connectivity index (χ0v) is 12.7. The summed E-state index contributed by atoms with van der Waals surface area (Å²) >= 11 is 0. The molecular weight excluding hydrogens is 276 g/mol. The van der Waals surface area contributed by atoms with Gasteiger partial charge < -0.3 is 5.11 Å². The summed E-state index contributed by atoms with van der Waals surface area (Å²) in [5.41, 5.74) is 1.58. The van der Waals surface area contributed by atoms with E-state index in [9.17, 15) is 9.90 Å². The van der Waals surface area contributed by atoms with Crippen molar-refractivity contribution in [1.29, 1.82) is 0 Å². The molecule has 1 aliphatic heterocycles. The molecule has 4 heteroatoms. The molecule has 0 fully saturated rings. The van der Waals surface area contributed by atoms with E-state index in [0.717, 1.165) is 11.3 Å². The Kier molecular flexibility index (Phi) is 3.54. The molecule has 1 unspecified atom stereocenters. The summed E-state index contributed by atoms with van der Waals surface area (Å²) in [6, 6.07) is 16.4. The highest BCUT2D eigenvalue weighted by Crippen LogP contribution is 2.36. The predicted octanol–water partition coefficient (Wildman–Crippen LogP) is 3.06. The molecule has 0 saturated carbocycles. The number of aryl methyl sites for hydroxylation is 1. The van der Waals surface area contributed by atoms with Crippen LogP contribution in [0.2, 0.25) is 0 Å². The van der Waals surface area contributed by atoms with E-state index in [-0.39, 0.29) is 5.91 Å². The molecule has 3 rings (SSSR count). The highest BCUT2D eigenvalue weighted by Gasteiger charge is 2.45. The number of carbonyl (C=O) groups is 1. The number of hydrazone groups is 1. The number of benzene rings is 2. The van der Waals surface area contributed by atoms with Gasteiger partial charge in [-0.1, -0.05) is 48.0 Å². The number of carbonyl (C=O) groups excluding carboxylic acids is 1. The van der Waals surface area contributed by atoms with Gasteiger partial charge in [-0.2, -0.15) is 10.1 Å². The Bertz CT molecular complexity index is 723. The van der Waals surface area contributed by atoms with Crippen molar-refractivity contribution in [2.24, 2.45) is 5.10 Å². The van der Waals surface area contributed by atoms with Gasteiger partial charge in [0.15, 0.2) is 5.72 Å². The number of rotatable bonds is 2. The molecule has 0 bridgehead atoms.